The Bertz CT molecular complexity index is 799. The first kappa shape index (κ1) is 12.4. The van der Waals surface area contributed by atoms with E-state index in [2.05, 4.69) is 27.1 Å². The smallest absolute Gasteiger partial charge is 0.0890 e. The van der Waals surface area contributed by atoms with Gasteiger partial charge in [-0.2, -0.15) is 0 Å². The highest BCUT2D eigenvalue weighted by Crippen LogP contribution is 2.39. The summed E-state index contributed by atoms with van der Waals surface area (Å²) in [6.45, 7) is 0. The Morgan fingerprint density at radius 1 is 1.00 bits per heavy atom. The predicted molar refractivity (Wildman–Crippen MR) is 81.8 cm³/mol. The molecule has 0 radical (unpaired) electrons. The van der Waals surface area contributed by atoms with Crippen LogP contribution in [0.15, 0.2) is 48.9 Å². The lowest BCUT2D eigenvalue weighted by atomic mass is 9.91. The van der Waals surface area contributed by atoms with Gasteiger partial charge in [0.15, 0.2) is 0 Å². The first-order valence-corrected chi connectivity index (χ1v) is 7.23. The van der Waals surface area contributed by atoms with Gasteiger partial charge in [0.1, 0.15) is 0 Å². The van der Waals surface area contributed by atoms with E-state index in [0.29, 0.717) is 0 Å². The second-order valence-corrected chi connectivity index (χ2v) is 5.52. The molecule has 0 spiro atoms. The molecule has 2 heterocycles. The van der Waals surface area contributed by atoms with Crippen LogP contribution in [0.2, 0.25) is 0 Å². The summed E-state index contributed by atoms with van der Waals surface area (Å²) in [5, 5.41) is 0. The maximum atomic E-state index is 6.52. The van der Waals surface area contributed by atoms with Crippen molar-refractivity contribution >= 4 is 11.0 Å². The predicted octanol–water partition coefficient (Wildman–Crippen LogP) is 2.75. The molecule has 2 N–H and O–H groups in total. The minimum Gasteiger partial charge on any atom is -0.323 e. The molecule has 3 aromatic rings. The number of nitrogens with zero attached hydrogens (tertiary/aromatic N) is 3. The molecule has 104 valence electrons. The Hall–Kier alpha value is -2.33. The quantitative estimate of drug-likeness (QED) is 0.781. The summed E-state index contributed by atoms with van der Waals surface area (Å²) < 4.78 is 0. The third-order valence-electron chi connectivity index (χ3n) is 4.31. The van der Waals surface area contributed by atoms with Crippen LogP contribution in [-0.2, 0) is 6.42 Å². The van der Waals surface area contributed by atoms with E-state index in [-0.39, 0.29) is 12.0 Å². The first-order chi connectivity index (χ1) is 10.3. The first-order valence-electron chi connectivity index (χ1n) is 7.23. The Morgan fingerprint density at radius 2 is 1.86 bits per heavy atom. The molecule has 0 amide bonds. The highest BCUT2D eigenvalue weighted by molar-refractivity contribution is 5.74. The van der Waals surface area contributed by atoms with Crippen LogP contribution in [0.5, 0.6) is 0 Å². The molecule has 0 fully saturated rings. The van der Waals surface area contributed by atoms with Crippen molar-refractivity contribution in [3.05, 3.63) is 65.7 Å². The van der Waals surface area contributed by atoms with Gasteiger partial charge in [-0.15, -0.1) is 0 Å². The van der Waals surface area contributed by atoms with E-state index in [1.54, 1.807) is 12.4 Å². The minimum atomic E-state index is -0.0486. The van der Waals surface area contributed by atoms with Crippen molar-refractivity contribution in [3.8, 4) is 0 Å². The summed E-state index contributed by atoms with van der Waals surface area (Å²) in [7, 11) is 0. The Balaban J connectivity index is 1.72. The second kappa shape index (κ2) is 4.90. The number of hydrogen-bond acceptors (Lipinski definition) is 4. The van der Waals surface area contributed by atoms with Gasteiger partial charge in [-0.1, -0.05) is 12.1 Å². The number of rotatable bonds is 2. The molecule has 21 heavy (non-hydrogen) atoms. The highest BCUT2D eigenvalue weighted by Gasteiger charge is 2.29. The van der Waals surface area contributed by atoms with Crippen molar-refractivity contribution in [2.75, 3.05) is 0 Å². The molecular formula is C17H16N4. The summed E-state index contributed by atoms with van der Waals surface area (Å²) in [6, 6.07) is 10.2. The standard InChI is InChI=1S/C17H16N4/c18-16(13-5-3-11-2-1-7-21-17(11)13)12-4-6-14-15(10-12)20-9-8-19-14/h1-2,4,6-10,13,16H,3,5,18H2. The molecule has 0 saturated heterocycles. The van der Waals surface area contributed by atoms with Gasteiger partial charge in [0.25, 0.3) is 0 Å². The normalized spacial score (nSPS) is 18.6. The number of pyridine rings is 1. The average molecular weight is 276 g/mol. The van der Waals surface area contributed by atoms with Crippen molar-refractivity contribution in [3.63, 3.8) is 0 Å². The molecule has 4 heteroatoms. The number of aryl methyl sites for hydroxylation is 1. The van der Waals surface area contributed by atoms with Crippen LogP contribution in [0.4, 0.5) is 0 Å². The van der Waals surface area contributed by atoms with Gasteiger partial charge in [0.05, 0.1) is 11.0 Å². The minimum absolute atomic E-state index is 0.0486. The van der Waals surface area contributed by atoms with Gasteiger partial charge in [-0.05, 0) is 42.2 Å². The zero-order chi connectivity index (χ0) is 14.2. The van der Waals surface area contributed by atoms with E-state index in [0.717, 1.165) is 35.1 Å². The Morgan fingerprint density at radius 3 is 2.76 bits per heavy atom. The van der Waals surface area contributed by atoms with Gasteiger partial charge < -0.3 is 5.73 Å². The topological polar surface area (TPSA) is 64.7 Å². The zero-order valence-corrected chi connectivity index (χ0v) is 11.6. The molecule has 1 aromatic carbocycles. The van der Waals surface area contributed by atoms with Crippen LogP contribution in [0.3, 0.4) is 0 Å². The van der Waals surface area contributed by atoms with E-state index < -0.39 is 0 Å². The monoisotopic (exact) mass is 276 g/mol. The summed E-state index contributed by atoms with van der Waals surface area (Å²) >= 11 is 0. The summed E-state index contributed by atoms with van der Waals surface area (Å²) in [5.74, 6) is 0.287. The van der Waals surface area contributed by atoms with Crippen LogP contribution in [0.25, 0.3) is 11.0 Å². The third-order valence-corrected chi connectivity index (χ3v) is 4.31. The van der Waals surface area contributed by atoms with Gasteiger partial charge >= 0.3 is 0 Å². The number of nitrogens with two attached hydrogens (primary N) is 1. The fraction of sp³-hybridized carbons (Fsp3) is 0.235. The lowest BCUT2D eigenvalue weighted by Gasteiger charge is -2.20. The number of aromatic nitrogens is 3. The molecule has 1 aliphatic carbocycles. The molecule has 0 bridgehead atoms. The SMILES string of the molecule is NC(c1ccc2nccnc2c1)C1CCc2cccnc21. The van der Waals surface area contributed by atoms with E-state index in [1.807, 2.05) is 24.4 Å². The van der Waals surface area contributed by atoms with Crippen LogP contribution >= 0.6 is 0 Å². The van der Waals surface area contributed by atoms with E-state index in [9.17, 15) is 0 Å². The lowest BCUT2D eigenvalue weighted by Crippen LogP contribution is -2.19. The summed E-state index contributed by atoms with van der Waals surface area (Å²) in [4.78, 5) is 13.2. The highest BCUT2D eigenvalue weighted by atomic mass is 14.8. The maximum Gasteiger partial charge on any atom is 0.0890 e. The largest absolute Gasteiger partial charge is 0.323 e. The van der Waals surface area contributed by atoms with Gasteiger partial charge in [-0.25, -0.2) is 0 Å². The number of fused-ring (bicyclic) bond motifs is 2. The second-order valence-electron chi connectivity index (χ2n) is 5.52. The lowest BCUT2D eigenvalue weighted by molar-refractivity contribution is 0.541. The van der Waals surface area contributed by atoms with Gasteiger partial charge in [-0.3, -0.25) is 15.0 Å². The molecule has 2 aromatic heterocycles. The Kier molecular flexibility index (Phi) is 2.89. The molecule has 2 unspecified atom stereocenters. The molecule has 1 aliphatic rings. The van der Waals surface area contributed by atoms with E-state index in [4.69, 9.17) is 5.73 Å². The van der Waals surface area contributed by atoms with Crippen LogP contribution in [0, 0.1) is 0 Å². The van der Waals surface area contributed by atoms with Crippen LogP contribution < -0.4 is 5.73 Å². The van der Waals surface area contributed by atoms with Crippen molar-refractivity contribution < 1.29 is 0 Å². The molecular weight excluding hydrogens is 260 g/mol. The summed E-state index contributed by atoms with van der Waals surface area (Å²) in [6.07, 6.45) is 7.40. The van der Waals surface area contributed by atoms with Crippen LogP contribution in [-0.4, -0.2) is 15.0 Å². The average Bonchev–Trinajstić information content (AvgIpc) is 2.98. The van der Waals surface area contributed by atoms with Crippen molar-refractivity contribution in [1.82, 2.24) is 15.0 Å². The van der Waals surface area contributed by atoms with E-state index in [1.165, 1.54) is 5.56 Å². The van der Waals surface area contributed by atoms with Crippen molar-refractivity contribution in [1.29, 1.82) is 0 Å². The third kappa shape index (κ3) is 2.08. The maximum absolute atomic E-state index is 6.52. The fourth-order valence-corrected chi connectivity index (χ4v) is 3.21. The molecule has 4 rings (SSSR count). The molecule has 0 saturated carbocycles. The van der Waals surface area contributed by atoms with Crippen LogP contribution in [0.1, 0.15) is 35.2 Å². The zero-order valence-electron chi connectivity index (χ0n) is 11.6. The Labute approximate surface area is 123 Å². The van der Waals surface area contributed by atoms with Crippen molar-refractivity contribution in [2.45, 2.75) is 24.8 Å². The summed E-state index contributed by atoms with van der Waals surface area (Å²) in [5.41, 5.74) is 11.9. The number of benzene rings is 1. The van der Waals surface area contributed by atoms with Crippen molar-refractivity contribution in [2.24, 2.45) is 5.73 Å². The van der Waals surface area contributed by atoms with Gasteiger partial charge in [0.2, 0.25) is 0 Å². The van der Waals surface area contributed by atoms with Gasteiger partial charge in [0, 0.05) is 36.2 Å². The fourth-order valence-electron chi connectivity index (χ4n) is 3.21. The molecule has 0 aliphatic heterocycles. The molecule has 2 atom stereocenters. The molecule has 4 nitrogen and oxygen atoms in total. The van der Waals surface area contributed by atoms with E-state index >= 15 is 0 Å². The number of hydrogen-bond donors (Lipinski definition) is 1.